The largest absolute Gasteiger partial charge is 0.378 e. The highest BCUT2D eigenvalue weighted by Gasteiger charge is 2.10. The van der Waals surface area contributed by atoms with E-state index < -0.39 is 0 Å². The molecule has 0 spiro atoms. The van der Waals surface area contributed by atoms with Crippen LogP contribution in [0.1, 0.15) is 16.3 Å². The zero-order valence-electron chi connectivity index (χ0n) is 13.6. The van der Waals surface area contributed by atoms with Crippen molar-refractivity contribution in [3.8, 4) is 0 Å². The van der Waals surface area contributed by atoms with E-state index in [4.69, 9.17) is 4.74 Å². The van der Waals surface area contributed by atoms with Gasteiger partial charge in [0.1, 0.15) is 5.01 Å². The number of nitrogens with one attached hydrogen (secondary N) is 1. The zero-order chi connectivity index (χ0) is 16.8. The number of hydrazone groups is 1. The number of aromatic nitrogens is 1. The van der Waals surface area contributed by atoms with Crippen molar-refractivity contribution in [2.75, 3.05) is 31.2 Å². The summed E-state index contributed by atoms with van der Waals surface area (Å²) >= 11 is 1.49. The second kappa shape index (κ2) is 8.03. The molecule has 1 fully saturated rings. The van der Waals surface area contributed by atoms with Crippen molar-refractivity contribution in [2.45, 2.75) is 13.3 Å². The monoisotopic (exact) mass is 344 g/mol. The Morgan fingerprint density at radius 1 is 1.38 bits per heavy atom. The molecule has 0 saturated carbocycles. The van der Waals surface area contributed by atoms with Crippen molar-refractivity contribution in [3.05, 3.63) is 45.9 Å². The average Bonchev–Trinajstić information content (AvgIpc) is 3.01. The van der Waals surface area contributed by atoms with Crippen LogP contribution in [0.5, 0.6) is 0 Å². The van der Waals surface area contributed by atoms with Crippen molar-refractivity contribution < 1.29 is 9.53 Å². The quantitative estimate of drug-likeness (QED) is 0.665. The molecule has 0 radical (unpaired) electrons. The molecule has 2 aromatic rings. The number of thiazole rings is 1. The van der Waals surface area contributed by atoms with Crippen LogP contribution in [-0.4, -0.2) is 43.4 Å². The van der Waals surface area contributed by atoms with Crippen LogP contribution in [0.3, 0.4) is 0 Å². The lowest BCUT2D eigenvalue weighted by atomic mass is 10.2. The lowest BCUT2D eigenvalue weighted by Gasteiger charge is -2.28. The van der Waals surface area contributed by atoms with E-state index in [0.717, 1.165) is 42.6 Å². The number of carbonyl (C=O) groups is 1. The molecule has 3 rings (SSSR count). The summed E-state index contributed by atoms with van der Waals surface area (Å²) in [6.07, 6.45) is 1.90. The summed E-state index contributed by atoms with van der Waals surface area (Å²) in [6.45, 7) is 5.29. The summed E-state index contributed by atoms with van der Waals surface area (Å²) in [4.78, 5) is 18.4. The number of nitrogens with zero attached hydrogens (tertiary/aromatic N) is 3. The first-order valence-electron chi connectivity index (χ1n) is 7.86. The van der Waals surface area contributed by atoms with Gasteiger partial charge in [0.2, 0.25) is 5.91 Å². The van der Waals surface area contributed by atoms with Crippen molar-refractivity contribution in [3.63, 3.8) is 0 Å². The number of anilines is 1. The van der Waals surface area contributed by atoms with Crippen LogP contribution in [-0.2, 0) is 16.0 Å². The van der Waals surface area contributed by atoms with Gasteiger partial charge in [-0.1, -0.05) is 12.1 Å². The summed E-state index contributed by atoms with van der Waals surface area (Å²) < 4.78 is 5.36. The molecule has 1 aromatic heterocycles. The molecule has 1 N–H and O–H groups in total. The summed E-state index contributed by atoms with van der Waals surface area (Å²) in [5.74, 6) is -0.162. The highest BCUT2D eigenvalue weighted by atomic mass is 32.1. The Kier molecular flexibility index (Phi) is 5.55. The number of hydrogen-bond donors (Lipinski definition) is 1. The van der Waals surface area contributed by atoms with Gasteiger partial charge in [0.25, 0.3) is 0 Å². The summed E-state index contributed by atoms with van der Waals surface area (Å²) in [5.41, 5.74) is 5.60. The molecule has 24 heavy (non-hydrogen) atoms. The van der Waals surface area contributed by atoms with Gasteiger partial charge < -0.3 is 9.64 Å². The van der Waals surface area contributed by atoms with Gasteiger partial charge in [-0.15, -0.1) is 11.3 Å². The van der Waals surface area contributed by atoms with Crippen molar-refractivity contribution in [1.29, 1.82) is 0 Å². The van der Waals surface area contributed by atoms with Gasteiger partial charge in [0, 0.05) is 29.9 Å². The van der Waals surface area contributed by atoms with E-state index in [0.29, 0.717) is 0 Å². The standard InChI is InChI=1S/C17H20N4O2S/c1-13-12-24-17(19-13)10-16(22)20-18-11-14-2-4-15(5-3-14)21-6-8-23-9-7-21/h2-5,11-12H,6-10H2,1H3,(H,20,22)/b18-11-. The maximum absolute atomic E-state index is 11.8. The number of benzene rings is 1. The predicted molar refractivity (Wildman–Crippen MR) is 95.8 cm³/mol. The van der Waals surface area contributed by atoms with E-state index in [-0.39, 0.29) is 12.3 Å². The Labute approximate surface area is 145 Å². The smallest absolute Gasteiger partial charge is 0.246 e. The van der Waals surface area contributed by atoms with Crippen molar-refractivity contribution in [2.24, 2.45) is 5.10 Å². The first-order valence-corrected chi connectivity index (χ1v) is 8.74. The molecule has 126 valence electrons. The minimum atomic E-state index is -0.162. The molecule has 1 aliphatic rings. The fourth-order valence-electron chi connectivity index (χ4n) is 2.43. The van der Waals surface area contributed by atoms with E-state index in [2.05, 4.69) is 32.5 Å². The van der Waals surface area contributed by atoms with E-state index in [1.54, 1.807) is 6.21 Å². The molecule has 1 aromatic carbocycles. The number of carbonyl (C=O) groups excluding carboxylic acids is 1. The Morgan fingerprint density at radius 3 is 2.79 bits per heavy atom. The lowest BCUT2D eigenvalue weighted by molar-refractivity contribution is -0.120. The normalized spacial score (nSPS) is 15.0. The molecular weight excluding hydrogens is 324 g/mol. The maximum Gasteiger partial charge on any atom is 0.246 e. The third-order valence-electron chi connectivity index (χ3n) is 3.65. The number of rotatable bonds is 5. The molecule has 1 amide bonds. The summed E-state index contributed by atoms with van der Waals surface area (Å²) in [6, 6.07) is 8.11. The second-order valence-electron chi connectivity index (χ2n) is 5.54. The van der Waals surface area contributed by atoms with Crippen LogP contribution in [0, 0.1) is 6.92 Å². The van der Waals surface area contributed by atoms with Gasteiger partial charge in [-0.25, -0.2) is 10.4 Å². The Balaban J connectivity index is 1.49. The number of amides is 1. The molecule has 0 aliphatic carbocycles. The van der Waals surface area contributed by atoms with Crippen LogP contribution in [0.4, 0.5) is 5.69 Å². The van der Waals surface area contributed by atoms with Gasteiger partial charge in [-0.3, -0.25) is 4.79 Å². The van der Waals surface area contributed by atoms with Gasteiger partial charge in [-0.2, -0.15) is 5.10 Å². The van der Waals surface area contributed by atoms with E-state index in [9.17, 15) is 4.79 Å². The van der Waals surface area contributed by atoms with Crippen LogP contribution in [0.2, 0.25) is 0 Å². The Bertz CT molecular complexity index is 706. The van der Waals surface area contributed by atoms with Crippen molar-refractivity contribution in [1.82, 2.24) is 10.4 Å². The highest BCUT2D eigenvalue weighted by molar-refractivity contribution is 7.09. The predicted octanol–water partition coefficient (Wildman–Crippen LogP) is 1.98. The molecule has 1 saturated heterocycles. The second-order valence-corrected chi connectivity index (χ2v) is 6.49. The summed E-state index contributed by atoms with van der Waals surface area (Å²) in [5, 5.41) is 6.74. The van der Waals surface area contributed by atoms with Crippen LogP contribution < -0.4 is 10.3 Å². The number of aryl methyl sites for hydroxylation is 1. The molecule has 0 atom stereocenters. The van der Waals surface area contributed by atoms with Gasteiger partial charge >= 0.3 is 0 Å². The third-order valence-corrected chi connectivity index (χ3v) is 4.62. The average molecular weight is 344 g/mol. The Hall–Kier alpha value is -2.25. The molecular formula is C17H20N4O2S. The van der Waals surface area contributed by atoms with E-state index in [1.165, 1.54) is 17.0 Å². The molecule has 2 heterocycles. The molecule has 0 bridgehead atoms. The fraction of sp³-hybridized carbons (Fsp3) is 0.353. The highest BCUT2D eigenvalue weighted by Crippen LogP contribution is 2.16. The first-order chi connectivity index (χ1) is 11.7. The zero-order valence-corrected chi connectivity index (χ0v) is 14.4. The number of hydrogen-bond acceptors (Lipinski definition) is 6. The molecule has 7 heteroatoms. The molecule has 1 aliphatic heterocycles. The third kappa shape index (κ3) is 4.62. The minimum absolute atomic E-state index is 0.162. The molecule has 0 unspecified atom stereocenters. The maximum atomic E-state index is 11.8. The minimum Gasteiger partial charge on any atom is -0.378 e. The van der Waals surface area contributed by atoms with Gasteiger partial charge in [-0.05, 0) is 24.6 Å². The van der Waals surface area contributed by atoms with Gasteiger partial charge in [0.15, 0.2) is 0 Å². The first kappa shape index (κ1) is 16.6. The number of ether oxygens (including phenoxy) is 1. The molecule has 6 nitrogen and oxygen atoms in total. The summed E-state index contributed by atoms with van der Waals surface area (Å²) in [7, 11) is 0. The number of morpholine rings is 1. The van der Waals surface area contributed by atoms with Crippen molar-refractivity contribution >= 4 is 29.1 Å². The van der Waals surface area contributed by atoms with Crippen LogP contribution >= 0.6 is 11.3 Å². The lowest BCUT2D eigenvalue weighted by Crippen LogP contribution is -2.36. The Morgan fingerprint density at radius 2 is 2.12 bits per heavy atom. The topological polar surface area (TPSA) is 66.8 Å². The fourth-order valence-corrected chi connectivity index (χ4v) is 3.20. The van der Waals surface area contributed by atoms with E-state index >= 15 is 0 Å². The van der Waals surface area contributed by atoms with Gasteiger partial charge in [0.05, 0.1) is 25.8 Å². The van der Waals surface area contributed by atoms with Crippen LogP contribution in [0.25, 0.3) is 0 Å². The van der Waals surface area contributed by atoms with E-state index in [1.807, 2.05) is 24.4 Å². The SMILES string of the molecule is Cc1csc(CC(=O)N/N=C\c2ccc(N3CCOCC3)cc2)n1. The van der Waals surface area contributed by atoms with Crippen LogP contribution in [0.15, 0.2) is 34.7 Å².